The summed E-state index contributed by atoms with van der Waals surface area (Å²) in [6, 6.07) is 11.1. The fourth-order valence-electron chi connectivity index (χ4n) is 3.58. The summed E-state index contributed by atoms with van der Waals surface area (Å²) in [5, 5.41) is 2.63. The summed E-state index contributed by atoms with van der Waals surface area (Å²) in [7, 11) is 0. The van der Waals surface area contributed by atoms with E-state index < -0.39 is 29.9 Å². The zero-order chi connectivity index (χ0) is 26.1. The molecule has 10 nitrogen and oxygen atoms in total. The van der Waals surface area contributed by atoms with Crippen LogP contribution in [0.5, 0.6) is 0 Å². The number of benzene rings is 1. The van der Waals surface area contributed by atoms with Gasteiger partial charge in [0.05, 0.1) is 30.7 Å². The van der Waals surface area contributed by atoms with Crippen LogP contribution < -0.4 is 5.32 Å². The first-order chi connectivity index (χ1) is 17.3. The van der Waals surface area contributed by atoms with Crippen LogP contribution >= 0.6 is 0 Å². The molecule has 2 N–H and O–H groups in total. The lowest BCUT2D eigenvalue weighted by molar-refractivity contribution is -0.147. The molecule has 0 spiro atoms. The molecule has 1 aromatic carbocycles. The van der Waals surface area contributed by atoms with Crippen LogP contribution in [-0.4, -0.2) is 48.1 Å². The topological polar surface area (TPSA) is 137 Å². The van der Waals surface area contributed by atoms with Gasteiger partial charge in [-0.2, -0.15) is 0 Å². The molecule has 0 saturated carbocycles. The van der Waals surface area contributed by atoms with Crippen molar-refractivity contribution in [2.45, 2.75) is 39.8 Å². The van der Waals surface area contributed by atoms with Gasteiger partial charge in [-0.3, -0.25) is 4.79 Å². The smallest absolute Gasteiger partial charge is 0.355 e. The van der Waals surface area contributed by atoms with Crippen LogP contribution in [0.3, 0.4) is 0 Å². The first-order valence-electron chi connectivity index (χ1n) is 11.5. The van der Waals surface area contributed by atoms with Gasteiger partial charge in [0.25, 0.3) is 5.91 Å². The highest BCUT2D eigenvalue weighted by Crippen LogP contribution is 2.22. The third kappa shape index (κ3) is 6.41. The number of ether oxygens (including phenoxy) is 3. The predicted molar refractivity (Wildman–Crippen MR) is 127 cm³/mol. The van der Waals surface area contributed by atoms with Crippen LogP contribution in [0.25, 0.3) is 0 Å². The molecule has 0 saturated heterocycles. The van der Waals surface area contributed by atoms with Crippen molar-refractivity contribution >= 4 is 23.8 Å². The molecular weight excluding hydrogens is 468 g/mol. The van der Waals surface area contributed by atoms with E-state index in [-0.39, 0.29) is 49.0 Å². The van der Waals surface area contributed by atoms with E-state index in [0.717, 1.165) is 5.56 Å². The van der Waals surface area contributed by atoms with E-state index in [0.29, 0.717) is 5.56 Å². The molecule has 0 radical (unpaired) electrons. The monoisotopic (exact) mass is 496 g/mol. The summed E-state index contributed by atoms with van der Waals surface area (Å²) in [5.41, 5.74) is 1.46. The summed E-state index contributed by atoms with van der Waals surface area (Å²) in [5.74, 6) is -2.58. The number of rotatable bonds is 11. The van der Waals surface area contributed by atoms with Crippen molar-refractivity contribution in [3.05, 3.63) is 82.6 Å². The van der Waals surface area contributed by atoms with Crippen LogP contribution in [0.4, 0.5) is 0 Å². The maximum absolute atomic E-state index is 13.1. The van der Waals surface area contributed by atoms with E-state index in [9.17, 15) is 19.2 Å². The number of furan rings is 1. The molecule has 190 valence electrons. The van der Waals surface area contributed by atoms with Gasteiger partial charge >= 0.3 is 17.9 Å². The maximum Gasteiger partial charge on any atom is 0.355 e. The second kappa shape index (κ2) is 12.4. The number of nitrogens with one attached hydrogen (secondary N) is 2. The van der Waals surface area contributed by atoms with Gasteiger partial charge < -0.3 is 28.9 Å². The molecule has 0 bridgehead atoms. The molecule has 0 aliphatic carbocycles. The van der Waals surface area contributed by atoms with Crippen LogP contribution in [0.1, 0.15) is 62.1 Å². The van der Waals surface area contributed by atoms with Gasteiger partial charge in [-0.05, 0) is 44.0 Å². The Morgan fingerprint density at radius 2 is 1.64 bits per heavy atom. The van der Waals surface area contributed by atoms with Crippen LogP contribution in [0, 0.1) is 6.92 Å². The lowest BCUT2D eigenvalue weighted by atomic mass is 10.1. The van der Waals surface area contributed by atoms with Gasteiger partial charge in [-0.25, -0.2) is 14.4 Å². The lowest BCUT2D eigenvalue weighted by Crippen LogP contribution is -2.43. The summed E-state index contributed by atoms with van der Waals surface area (Å²) in [6.07, 6.45) is 1.51. The van der Waals surface area contributed by atoms with E-state index in [2.05, 4.69) is 10.3 Å². The third-order valence-corrected chi connectivity index (χ3v) is 5.26. The summed E-state index contributed by atoms with van der Waals surface area (Å²) in [6.45, 7) is 4.79. The van der Waals surface area contributed by atoms with E-state index in [1.54, 1.807) is 26.8 Å². The molecule has 2 aromatic heterocycles. The van der Waals surface area contributed by atoms with Crippen LogP contribution in [0.15, 0.2) is 53.1 Å². The number of H-pyrrole nitrogens is 1. The minimum Gasteiger partial charge on any atom is -0.462 e. The highest BCUT2D eigenvalue weighted by atomic mass is 16.5. The van der Waals surface area contributed by atoms with E-state index in [4.69, 9.17) is 18.6 Å². The molecular formula is C26H28N2O8. The Kier molecular flexibility index (Phi) is 9.04. The van der Waals surface area contributed by atoms with Gasteiger partial charge in [0, 0.05) is 6.42 Å². The number of carbonyl (C=O) groups is 4. The minimum atomic E-state index is -1.04. The Bertz CT molecular complexity index is 1200. The number of aromatic nitrogens is 1. The Balaban J connectivity index is 1.82. The number of hydrogen-bond donors (Lipinski definition) is 2. The normalized spacial score (nSPS) is 11.4. The van der Waals surface area contributed by atoms with Crippen molar-refractivity contribution in [3.63, 3.8) is 0 Å². The van der Waals surface area contributed by atoms with E-state index in [1.807, 2.05) is 30.3 Å². The highest BCUT2D eigenvalue weighted by Gasteiger charge is 2.28. The summed E-state index contributed by atoms with van der Waals surface area (Å²) >= 11 is 0. The van der Waals surface area contributed by atoms with Crippen molar-refractivity contribution in [2.75, 3.05) is 13.2 Å². The van der Waals surface area contributed by atoms with Crippen LogP contribution in [0.2, 0.25) is 0 Å². The highest BCUT2D eigenvalue weighted by molar-refractivity contribution is 5.98. The van der Waals surface area contributed by atoms with Gasteiger partial charge in [0.15, 0.2) is 5.76 Å². The number of amides is 1. The molecule has 3 aromatic rings. The predicted octanol–water partition coefficient (Wildman–Crippen LogP) is 3.35. The average Bonchev–Trinajstić information content (AvgIpc) is 3.51. The fourth-order valence-corrected chi connectivity index (χ4v) is 3.58. The third-order valence-electron chi connectivity index (χ3n) is 5.26. The Hall–Kier alpha value is -4.34. The van der Waals surface area contributed by atoms with Crippen molar-refractivity contribution in [2.24, 2.45) is 0 Å². The number of esters is 3. The maximum atomic E-state index is 13.1. The van der Waals surface area contributed by atoms with E-state index in [1.165, 1.54) is 12.3 Å². The van der Waals surface area contributed by atoms with Gasteiger partial charge in [-0.15, -0.1) is 0 Å². The van der Waals surface area contributed by atoms with Gasteiger partial charge in [-0.1, -0.05) is 30.3 Å². The van der Waals surface area contributed by atoms with E-state index >= 15 is 0 Å². The van der Waals surface area contributed by atoms with Crippen molar-refractivity contribution in [1.29, 1.82) is 0 Å². The quantitative estimate of drug-likeness (QED) is 0.305. The molecule has 10 heteroatoms. The minimum absolute atomic E-state index is 0.0459. The molecule has 3 rings (SSSR count). The molecule has 2 heterocycles. The zero-order valence-electron chi connectivity index (χ0n) is 20.3. The molecule has 1 atom stereocenters. The average molecular weight is 497 g/mol. The molecule has 0 aliphatic heterocycles. The number of carbonyl (C=O) groups excluding carboxylic acids is 4. The molecule has 0 aliphatic rings. The fraction of sp³-hybridized carbons (Fsp3) is 0.308. The Labute approximate surface area is 207 Å². The zero-order valence-corrected chi connectivity index (χ0v) is 20.3. The summed E-state index contributed by atoms with van der Waals surface area (Å²) in [4.78, 5) is 53.4. The first kappa shape index (κ1) is 26.3. The summed E-state index contributed by atoms with van der Waals surface area (Å²) < 4.78 is 20.7. The largest absolute Gasteiger partial charge is 0.462 e. The molecule has 0 fully saturated rings. The number of aromatic amines is 1. The molecule has 36 heavy (non-hydrogen) atoms. The van der Waals surface area contributed by atoms with Crippen molar-refractivity contribution in [3.8, 4) is 0 Å². The lowest BCUT2D eigenvalue weighted by Gasteiger charge is -2.17. The van der Waals surface area contributed by atoms with Gasteiger partial charge in [0.1, 0.15) is 18.3 Å². The second-order valence-electron chi connectivity index (χ2n) is 7.72. The Morgan fingerprint density at radius 3 is 2.28 bits per heavy atom. The first-order valence-corrected chi connectivity index (χ1v) is 11.5. The van der Waals surface area contributed by atoms with Crippen molar-refractivity contribution in [1.82, 2.24) is 10.3 Å². The molecule has 1 amide bonds. The second-order valence-corrected chi connectivity index (χ2v) is 7.72. The Morgan fingerprint density at radius 1 is 0.944 bits per heavy atom. The van der Waals surface area contributed by atoms with Crippen molar-refractivity contribution < 1.29 is 37.8 Å². The number of hydrogen-bond acceptors (Lipinski definition) is 8. The standard InChI is InChI=1S/C26H28N2O8/c1-4-33-25(31)21-16(3)22(26(32)34-5-2)27-19(21)15-36-24(30)18(14-17-10-7-6-8-11-17)28-23(29)20-12-9-13-35-20/h6-13,18,27H,4-5,14-15H2,1-3H3,(H,28,29)/t18-/m0/s1. The molecule has 0 unspecified atom stereocenters. The van der Waals surface area contributed by atoms with Gasteiger partial charge in [0.2, 0.25) is 0 Å². The van der Waals surface area contributed by atoms with Crippen LogP contribution in [-0.2, 0) is 32.0 Å². The SMILES string of the molecule is CCOC(=O)c1[nH]c(COC(=O)[C@H](Cc2ccccc2)NC(=O)c2ccco2)c(C(=O)OCC)c1C.